The van der Waals surface area contributed by atoms with Gasteiger partial charge in [-0.2, -0.15) is 0 Å². The van der Waals surface area contributed by atoms with E-state index in [0.29, 0.717) is 5.69 Å². The maximum absolute atomic E-state index is 12.5. The van der Waals surface area contributed by atoms with Crippen LogP contribution in [0.3, 0.4) is 0 Å². The molecular weight excluding hydrogens is 396 g/mol. The minimum Gasteiger partial charge on any atom is -0.326 e. The largest absolute Gasteiger partial charge is 0.326 e. The molecule has 2 aromatic heterocycles. The van der Waals surface area contributed by atoms with Gasteiger partial charge in [0.1, 0.15) is 5.65 Å². The topological polar surface area (TPSA) is 75.5 Å². The molecule has 1 aliphatic rings. The molecule has 0 saturated heterocycles. The van der Waals surface area contributed by atoms with Gasteiger partial charge in [-0.3, -0.25) is 9.59 Å². The molecule has 30 heavy (non-hydrogen) atoms. The van der Waals surface area contributed by atoms with Crippen molar-refractivity contribution in [1.29, 1.82) is 0 Å². The number of carbonyl (C=O) groups excluding carboxylic acids is 2. The van der Waals surface area contributed by atoms with Crippen molar-refractivity contribution in [2.75, 3.05) is 10.6 Å². The first kappa shape index (κ1) is 18.4. The second-order valence-corrected chi connectivity index (χ2v) is 8.26. The van der Waals surface area contributed by atoms with Crippen molar-refractivity contribution in [2.45, 2.75) is 16.6 Å². The summed E-state index contributed by atoms with van der Waals surface area (Å²) in [5, 5.41) is 5.30. The fourth-order valence-electron chi connectivity index (χ4n) is 3.41. The first-order valence-electron chi connectivity index (χ1n) is 9.56. The minimum absolute atomic E-state index is 0.110. The Balaban J connectivity index is 1.25. The highest BCUT2D eigenvalue weighted by molar-refractivity contribution is 8.01. The zero-order chi connectivity index (χ0) is 20.5. The van der Waals surface area contributed by atoms with Crippen LogP contribution in [0.4, 0.5) is 11.4 Å². The zero-order valence-electron chi connectivity index (χ0n) is 15.9. The molecule has 7 heteroatoms. The number of thioether (sulfide) groups is 1. The number of amides is 2. The third-order valence-electron chi connectivity index (χ3n) is 4.91. The lowest BCUT2D eigenvalue weighted by atomic mass is 10.1. The number of para-hydroxylation sites is 1. The number of hydrogen-bond acceptors (Lipinski definition) is 4. The molecule has 4 aromatic rings. The van der Waals surface area contributed by atoms with Crippen molar-refractivity contribution in [3.05, 3.63) is 79.1 Å². The summed E-state index contributed by atoms with van der Waals surface area (Å²) in [5.74, 6) is -0.335. The van der Waals surface area contributed by atoms with Crippen molar-refractivity contribution in [1.82, 2.24) is 9.38 Å². The number of pyridine rings is 1. The Morgan fingerprint density at radius 3 is 2.70 bits per heavy atom. The lowest BCUT2D eigenvalue weighted by Gasteiger charge is -2.23. The zero-order valence-corrected chi connectivity index (χ0v) is 16.7. The molecule has 0 bridgehead atoms. The van der Waals surface area contributed by atoms with E-state index in [1.807, 2.05) is 83.5 Å². The van der Waals surface area contributed by atoms with E-state index in [4.69, 9.17) is 0 Å². The second kappa shape index (κ2) is 7.68. The van der Waals surface area contributed by atoms with Crippen molar-refractivity contribution >= 4 is 40.6 Å². The van der Waals surface area contributed by atoms with E-state index in [2.05, 4.69) is 15.6 Å². The Bertz CT molecular complexity index is 1220. The van der Waals surface area contributed by atoms with E-state index in [1.165, 1.54) is 11.8 Å². The van der Waals surface area contributed by atoms with Crippen LogP contribution in [0.5, 0.6) is 0 Å². The predicted octanol–water partition coefficient (Wildman–Crippen LogP) is 4.44. The third kappa shape index (κ3) is 3.67. The third-order valence-corrected chi connectivity index (χ3v) is 6.18. The average molecular weight is 414 g/mol. The second-order valence-electron chi connectivity index (χ2n) is 7.01. The fourth-order valence-corrected chi connectivity index (χ4v) is 4.52. The average Bonchev–Trinajstić information content (AvgIpc) is 3.19. The van der Waals surface area contributed by atoms with Gasteiger partial charge in [0.2, 0.25) is 11.8 Å². The highest BCUT2D eigenvalue weighted by Gasteiger charge is 2.28. The van der Waals surface area contributed by atoms with Gasteiger partial charge in [-0.05, 0) is 36.4 Å². The molecule has 0 saturated carbocycles. The van der Waals surface area contributed by atoms with Gasteiger partial charge in [0.25, 0.3) is 0 Å². The molecular formula is C23H18N4O2S. The number of hydrogen-bond donors (Lipinski definition) is 2. The summed E-state index contributed by atoms with van der Waals surface area (Å²) in [6.45, 7) is 0. The van der Waals surface area contributed by atoms with E-state index in [0.717, 1.165) is 27.5 Å². The summed E-state index contributed by atoms with van der Waals surface area (Å²) in [6, 6.07) is 21.0. The van der Waals surface area contributed by atoms with Gasteiger partial charge in [-0.25, -0.2) is 4.98 Å². The summed E-state index contributed by atoms with van der Waals surface area (Å²) in [4.78, 5) is 30.4. The van der Waals surface area contributed by atoms with Crippen LogP contribution in [0.2, 0.25) is 0 Å². The van der Waals surface area contributed by atoms with Gasteiger partial charge < -0.3 is 15.0 Å². The van der Waals surface area contributed by atoms with Crippen molar-refractivity contribution in [2.24, 2.45) is 0 Å². The van der Waals surface area contributed by atoms with Crippen LogP contribution in [0.1, 0.15) is 6.42 Å². The highest BCUT2D eigenvalue weighted by Crippen LogP contribution is 2.36. The summed E-state index contributed by atoms with van der Waals surface area (Å²) < 4.78 is 1.97. The van der Waals surface area contributed by atoms with Crippen molar-refractivity contribution in [3.8, 4) is 11.3 Å². The normalized spacial score (nSPS) is 15.5. The SMILES string of the molecule is O=C(C[C@H]1Sc2ccccc2NC1=O)Nc1ccc(-c2cn3ccccc3n2)cc1. The Morgan fingerprint density at radius 1 is 1.07 bits per heavy atom. The van der Waals surface area contributed by atoms with Gasteiger partial charge in [0.05, 0.1) is 16.6 Å². The summed E-state index contributed by atoms with van der Waals surface area (Å²) in [5.41, 5.74) is 4.21. The number of fused-ring (bicyclic) bond motifs is 2. The van der Waals surface area contributed by atoms with Crippen LogP contribution in [0, 0.1) is 0 Å². The number of anilines is 2. The van der Waals surface area contributed by atoms with Crippen LogP contribution in [-0.2, 0) is 9.59 Å². The molecule has 1 aliphatic heterocycles. The first-order chi connectivity index (χ1) is 14.7. The summed E-state index contributed by atoms with van der Waals surface area (Å²) in [7, 11) is 0. The van der Waals surface area contributed by atoms with Crippen molar-refractivity contribution in [3.63, 3.8) is 0 Å². The Hall–Kier alpha value is -3.58. The van der Waals surface area contributed by atoms with Crippen LogP contribution in [0.25, 0.3) is 16.9 Å². The van der Waals surface area contributed by atoms with Gasteiger partial charge in [0, 0.05) is 35.0 Å². The molecule has 3 heterocycles. The molecule has 148 valence electrons. The fraction of sp³-hybridized carbons (Fsp3) is 0.0870. The Labute approximate surface area is 177 Å². The molecule has 0 fully saturated rings. The minimum atomic E-state index is -0.447. The summed E-state index contributed by atoms with van der Waals surface area (Å²) in [6.07, 6.45) is 4.04. The number of nitrogens with one attached hydrogen (secondary N) is 2. The van der Waals surface area contributed by atoms with E-state index in [-0.39, 0.29) is 18.2 Å². The lowest BCUT2D eigenvalue weighted by Crippen LogP contribution is -2.32. The number of aromatic nitrogens is 2. The molecule has 0 unspecified atom stereocenters. The predicted molar refractivity (Wildman–Crippen MR) is 119 cm³/mol. The quantitative estimate of drug-likeness (QED) is 0.518. The molecule has 0 radical (unpaired) electrons. The number of carbonyl (C=O) groups is 2. The molecule has 6 nitrogen and oxygen atoms in total. The van der Waals surface area contributed by atoms with Crippen molar-refractivity contribution < 1.29 is 9.59 Å². The molecule has 2 amide bonds. The van der Waals surface area contributed by atoms with Crippen LogP contribution in [0.15, 0.2) is 84.0 Å². The molecule has 2 N–H and O–H groups in total. The van der Waals surface area contributed by atoms with Gasteiger partial charge >= 0.3 is 0 Å². The van der Waals surface area contributed by atoms with Gasteiger partial charge in [-0.1, -0.05) is 30.3 Å². The monoisotopic (exact) mass is 414 g/mol. The van der Waals surface area contributed by atoms with Crippen LogP contribution in [-0.4, -0.2) is 26.4 Å². The maximum atomic E-state index is 12.5. The standard InChI is InChI=1S/C23H18N4O2S/c28-22(13-20-23(29)26-17-5-1-2-6-19(17)30-20)24-16-10-8-15(9-11-16)18-14-27-12-4-3-7-21(27)25-18/h1-12,14,20H,13H2,(H,24,28)(H,26,29)/t20-/m1/s1. The van der Waals surface area contributed by atoms with Gasteiger partial charge in [-0.15, -0.1) is 11.8 Å². The number of rotatable bonds is 4. The highest BCUT2D eigenvalue weighted by atomic mass is 32.2. The summed E-state index contributed by atoms with van der Waals surface area (Å²) >= 11 is 1.42. The molecule has 1 atom stereocenters. The van der Waals surface area contributed by atoms with E-state index in [1.54, 1.807) is 0 Å². The van der Waals surface area contributed by atoms with E-state index in [9.17, 15) is 9.59 Å². The first-order valence-corrected chi connectivity index (χ1v) is 10.4. The van der Waals surface area contributed by atoms with Crippen LogP contribution < -0.4 is 10.6 Å². The van der Waals surface area contributed by atoms with E-state index < -0.39 is 5.25 Å². The molecule has 5 rings (SSSR count). The number of benzene rings is 2. The van der Waals surface area contributed by atoms with E-state index >= 15 is 0 Å². The molecule has 2 aromatic carbocycles. The number of nitrogens with zero attached hydrogens (tertiary/aromatic N) is 2. The Morgan fingerprint density at radius 2 is 1.87 bits per heavy atom. The molecule has 0 aliphatic carbocycles. The van der Waals surface area contributed by atoms with Gasteiger partial charge in [0.15, 0.2) is 0 Å². The molecule has 0 spiro atoms. The lowest BCUT2D eigenvalue weighted by molar-refractivity contribution is -0.120. The smallest absolute Gasteiger partial charge is 0.238 e. The number of imidazole rings is 1. The maximum Gasteiger partial charge on any atom is 0.238 e. The Kier molecular flexibility index (Phi) is 4.72. The van der Waals surface area contributed by atoms with Crippen LogP contribution >= 0.6 is 11.8 Å².